The highest BCUT2D eigenvalue weighted by Crippen LogP contribution is 2.31. The molecule has 2 amide bonds. The average molecular weight is 315 g/mol. The number of carbonyl (C=O) groups is 2. The number of carbonyl (C=O) groups excluding carboxylic acids is 2. The molecule has 0 N–H and O–H groups in total. The smallest absolute Gasteiger partial charge is 0.247 e. The number of amides is 2. The van der Waals surface area contributed by atoms with Gasteiger partial charge in [0.25, 0.3) is 0 Å². The largest absolute Gasteiger partial charge is 0.347 e. The number of nitrogens with zero attached hydrogens (tertiary/aromatic N) is 5. The number of benzene rings is 1. The van der Waals surface area contributed by atoms with Crippen molar-refractivity contribution in [1.82, 2.24) is 24.8 Å². The second-order valence-corrected chi connectivity index (χ2v) is 6.36. The van der Waals surface area contributed by atoms with Crippen LogP contribution in [0.4, 0.5) is 0 Å². The SMILES string of the molecule is CN(C)C(=O)[C@@]1(C)CCCN1C(=O)Cn1nnc2ccccc21. The van der Waals surface area contributed by atoms with Gasteiger partial charge in [0.1, 0.15) is 17.6 Å². The molecule has 122 valence electrons. The zero-order valence-electron chi connectivity index (χ0n) is 13.7. The van der Waals surface area contributed by atoms with Crippen LogP contribution in [-0.4, -0.2) is 62.8 Å². The predicted molar refractivity (Wildman–Crippen MR) is 85.6 cm³/mol. The van der Waals surface area contributed by atoms with Gasteiger partial charge in [-0.3, -0.25) is 9.59 Å². The highest BCUT2D eigenvalue weighted by Gasteiger charge is 2.46. The predicted octanol–water partition coefficient (Wildman–Crippen LogP) is 0.901. The van der Waals surface area contributed by atoms with Crippen molar-refractivity contribution in [2.45, 2.75) is 31.8 Å². The first-order chi connectivity index (χ1) is 10.9. The topological polar surface area (TPSA) is 71.3 Å². The molecule has 2 heterocycles. The van der Waals surface area contributed by atoms with Crippen LogP contribution in [0.25, 0.3) is 11.0 Å². The molecule has 1 saturated heterocycles. The lowest BCUT2D eigenvalue weighted by molar-refractivity contribution is -0.149. The monoisotopic (exact) mass is 315 g/mol. The maximum absolute atomic E-state index is 12.8. The van der Waals surface area contributed by atoms with Gasteiger partial charge in [-0.05, 0) is 31.9 Å². The van der Waals surface area contributed by atoms with E-state index in [4.69, 9.17) is 0 Å². The standard InChI is InChI=1S/C16H21N5O2/c1-16(15(23)19(2)3)9-6-10-20(16)14(22)11-21-13-8-5-4-7-12(13)17-18-21/h4-5,7-8H,6,9-11H2,1-3H3/t16-/m1/s1. The van der Waals surface area contributed by atoms with Gasteiger partial charge >= 0.3 is 0 Å². The summed E-state index contributed by atoms with van der Waals surface area (Å²) in [5.74, 6) is -0.136. The summed E-state index contributed by atoms with van der Waals surface area (Å²) < 4.78 is 1.59. The molecule has 23 heavy (non-hydrogen) atoms. The lowest BCUT2D eigenvalue weighted by Crippen LogP contribution is -2.55. The van der Waals surface area contributed by atoms with Crippen LogP contribution in [0.3, 0.4) is 0 Å². The second-order valence-electron chi connectivity index (χ2n) is 6.36. The highest BCUT2D eigenvalue weighted by molar-refractivity contribution is 5.91. The van der Waals surface area contributed by atoms with Crippen molar-refractivity contribution in [2.24, 2.45) is 0 Å². The van der Waals surface area contributed by atoms with Crippen molar-refractivity contribution >= 4 is 22.8 Å². The van der Waals surface area contributed by atoms with Gasteiger partial charge in [0.05, 0.1) is 5.52 Å². The molecule has 0 bridgehead atoms. The third-order valence-electron chi connectivity index (χ3n) is 4.51. The Kier molecular flexibility index (Phi) is 3.79. The van der Waals surface area contributed by atoms with Gasteiger partial charge in [-0.15, -0.1) is 5.10 Å². The Bertz CT molecular complexity index is 754. The van der Waals surface area contributed by atoms with Gasteiger partial charge in [-0.2, -0.15) is 0 Å². The van der Waals surface area contributed by atoms with Crippen molar-refractivity contribution in [3.05, 3.63) is 24.3 Å². The van der Waals surface area contributed by atoms with Crippen LogP contribution in [-0.2, 0) is 16.1 Å². The number of hydrogen-bond donors (Lipinski definition) is 0. The quantitative estimate of drug-likeness (QED) is 0.844. The van der Waals surface area contributed by atoms with Crippen molar-refractivity contribution < 1.29 is 9.59 Å². The number of likely N-dealkylation sites (tertiary alicyclic amines) is 1. The summed E-state index contributed by atoms with van der Waals surface area (Å²) >= 11 is 0. The Labute approximate surface area is 134 Å². The lowest BCUT2D eigenvalue weighted by atomic mass is 9.97. The van der Waals surface area contributed by atoms with E-state index in [0.717, 1.165) is 17.5 Å². The fraction of sp³-hybridized carbons (Fsp3) is 0.500. The minimum atomic E-state index is -0.767. The van der Waals surface area contributed by atoms with E-state index in [-0.39, 0.29) is 18.4 Å². The van der Waals surface area contributed by atoms with Gasteiger partial charge in [0.2, 0.25) is 11.8 Å². The molecule has 7 nitrogen and oxygen atoms in total. The Balaban J connectivity index is 1.84. The number of likely N-dealkylation sites (N-methyl/N-ethyl adjacent to an activating group) is 1. The van der Waals surface area contributed by atoms with Crippen molar-refractivity contribution in [1.29, 1.82) is 0 Å². The number of hydrogen-bond acceptors (Lipinski definition) is 4. The minimum Gasteiger partial charge on any atom is -0.347 e. The first-order valence-electron chi connectivity index (χ1n) is 7.74. The van der Waals surface area contributed by atoms with E-state index in [1.807, 2.05) is 31.2 Å². The van der Waals surface area contributed by atoms with E-state index in [2.05, 4.69) is 10.3 Å². The van der Waals surface area contributed by atoms with Gasteiger partial charge < -0.3 is 9.80 Å². The molecule has 1 aromatic heterocycles. The Morgan fingerprint density at radius 3 is 2.78 bits per heavy atom. The molecule has 2 aromatic rings. The molecule has 1 atom stereocenters. The Morgan fingerprint density at radius 2 is 2.04 bits per heavy atom. The first kappa shape index (κ1) is 15.5. The highest BCUT2D eigenvalue weighted by atomic mass is 16.2. The molecule has 0 spiro atoms. The molecule has 1 fully saturated rings. The third kappa shape index (κ3) is 2.56. The maximum atomic E-state index is 12.8. The zero-order valence-corrected chi connectivity index (χ0v) is 13.7. The third-order valence-corrected chi connectivity index (χ3v) is 4.51. The molecule has 0 unspecified atom stereocenters. The molecular formula is C16H21N5O2. The average Bonchev–Trinajstić information content (AvgIpc) is 3.11. The second kappa shape index (κ2) is 5.64. The summed E-state index contributed by atoms with van der Waals surface area (Å²) in [5, 5.41) is 8.12. The van der Waals surface area contributed by atoms with E-state index >= 15 is 0 Å². The van der Waals surface area contributed by atoms with Crippen molar-refractivity contribution in [2.75, 3.05) is 20.6 Å². The fourth-order valence-corrected chi connectivity index (χ4v) is 3.31. The van der Waals surface area contributed by atoms with Crippen LogP contribution in [0.1, 0.15) is 19.8 Å². The molecule has 0 aliphatic carbocycles. The minimum absolute atomic E-state index is 0.0354. The maximum Gasteiger partial charge on any atom is 0.247 e. The van der Waals surface area contributed by atoms with Crippen molar-refractivity contribution in [3.63, 3.8) is 0 Å². The Hall–Kier alpha value is -2.44. The van der Waals surface area contributed by atoms with E-state index in [1.165, 1.54) is 0 Å². The van der Waals surface area contributed by atoms with Gasteiger partial charge in [0.15, 0.2) is 0 Å². The lowest BCUT2D eigenvalue weighted by Gasteiger charge is -2.35. The number of fused-ring (bicyclic) bond motifs is 1. The fourth-order valence-electron chi connectivity index (χ4n) is 3.31. The van der Waals surface area contributed by atoms with Crippen LogP contribution in [0.15, 0.2) is 24.3 Å². The van der Waals surface area contributed by atoms with Crippen LogP contribution >= 0.6 is 0 Å². The number of rotatable bonds is 3. The normalized spacial score (nSPS) is 20.9. The molecule has 3 rings (SSSR count). The van der Waals surface area contributed by atoms with Gasteiger partial charge in [-0.1, -0.05) is 17.3 Å². The molecular weight excluding hydrogens is 294 g/mol. The molecule has 0 saturated carbocycles. The first-order valence-corrected chi connectivity index (χ1v) is 7.74. The summed E-state index contributed by atoms with van der Waals surface area (Å²) in [6.45, 7) is 2.54. The van der Waals surface area contributed by atoms with E-state index in [9.17, 15) is 9.59 Å². The molecule has 1 aliphatic rings. The number of para-hydroxylation sites is 1. The van der Waals surface area contributed by atoms with E-state index < -0.39 is 5.54 Å². The molecule has 7 heteroatoms. The van der Waals surface area contributed by atoms with Gasteiger partial charge in [0, 0.05) is 20.6 Å². The number of aromatic nitrogens is 3. The summed E-state index contributed by atoms with van der Waals surface area (Å²) in [7, 11) is 3.44. The zero-order chi connectivity index (χ0) is 16.6. The van der Waals surface area contributed by atoms with E-state index in [0.29, 0.717) is 13.0 Å². The van der Waals surface area contributed by atoms with Crippen LogP contribution in [0.5, 0.6) is 0 Å². The van der Waals surface area contributed by atoms with Crippen LogP contribution in [0.2, 0.25) is 0 Å². The summed E-state index contributed by atoms with van der Waals surface area (Å²) in [6.07, 6.45) is 1.52. The van der Waals surface area contributed by atoms with Crippen molar-refractivity contribution in [3.8, 4) is 0 Å². The molecule has 0 radical (unpaired) electrons. The van der Waals surface area contributed by atoms with E-state index in [1.54, 1.807) is 28.6 Å². The molecule has 1 aliphatic heterocycles. The Morgan fingerprint density at radius 1 is 1.30 bits per heavy atom. The van der Waals surface area contributed by atoms with Gasteiger partial charge in [-0.25, -0.2) is 4.68 Å². The summed E-state index contributed by atoms with van der Waals surface area (Å²) in [5.41, 5.74) is 0.811. The van der Waals surface area contributed by atoms with Crippen LogP contribution < -0.4 is 0 Å². The molecule has 1 aromatic carbocycles. The van der Waals surface area contributed by atoms with Crippen LogP contribution in [0, 0.1) is 0 Å². The summed E-state index contributed by atoms with van der Waals surface area (Å²) in [6, 6.07) is 7.52. The summed E-state index contributed by atoms with van der Waals surface area (Å²) in [4.78, 5) is 28.5.